The Hall–Kier alpha value is -2.54. The summed E-state index contributed by atoms with van der Waals surface area (Å²) in [7, 11) is 0. The molecule has 1 unspecified atom stereocenters. The van der Waals surface area contributed by atoms with Crippen LogP contribution in [0.2, 0.25) is 0 Å². The molecule has 1 atom stereocenters. The standard InChI is InChI=1S/C23H23F3N2O2/c1-2-28-23(14-29)20-10-15(17-9-18(24)13-27-12-17)3-4-16(20)11-22(23)7-5-19(6-8-22)30-21(25)26/h2-4,9-10,12-14,19,21H,5-8,11H2,1H3. The van der Waals surface area contributed by atoms with E-state index in [0.29, 0.717) is 37.7 Å². The number of hydrogen-bond acceptors (Lipinski definition) is 4. The van der Waals surface area contributed by atoms with E-state index in [9.17, 15) is 18.0 Å². The van der Waals surface area contributed by atoms with Gasteiger partial charge in [-0.05, 0) is 74.1 Å². The number of fused-ring (bicyclic) bond motifs is 1. The Balaban J connectivity index is 1.75. The van der Waals surface area contributed by atoms with E-state index < -0.39 is 29.5 Å². The lowest BCUT2D eigenvalue weighted by atomic mass is 9.62. The Bertz CT molecular complexity index is 971. The molecule has 0 amide bonds. The summed E-state index contributed by atoms with van der Waals surface area (Å²) in [5.41, 5.74) is 1.60. The molecule has 30 heavy (non-hydrogen) atoms. The zero-order chi connectivity index (χ0) is 21.4. The summed E-state index contributed by atoms with van der Waals surface area (Å²) < 4.78 is 43.7. The number of halogens is 3. The van der Waals surface area contributed by atoms with Crippen LogP contribution in [-0.4, -0.2) is 30.2 Å². The van der Waals surface area contributed by atoms with Gasteiger partial charge in [0.2, 0.25) is 0 Å². The summed E-state index contributed by atoms with van der Waals surface area (Å²) in [4.78, 5) is 21.2. The quantitative estimate of drug-likeness (QED) is 0.504. The number of benzene rings is 1. The average molecular weight is 416 g/mol. The van der Waals surface area contributed by atoms with Crippen molar-refractivity contribution in [3.8, 4) is 11.1 Å². The Labute approximate surface area is 173 Å². The molecule has 158 valence electrons. The average Bonchev–Trinajstić information content (AvgIpc) is 2.98. The highest BCUT2D eigenvalue weighted by Gasteiger charge is 2.58. The summed E-state index contributed by atoms with van der Waals surface area (Å²) in [6.07, 6.45) is 7.39. The largest absolute Gasteiger partial charge is 0.345 e. The van der Waals surface area contributed by atoms with Gasteiger partial charge in [0.25, 0.3) is 0 Å². The van der Waals surface area contributed by atoms with Crippen molar-refractivity contribution in [1.29, 1.82) is 0 Å². The molecule has 4 rings (SSSR count). The summed E-state index contributed by atoms with van der Waals surface area (Å²) in [5.74, 6) is -0.435. The Morgan fingerprint density at radius 1 is 1.20 bits per heavy atom. The van der Waals surface area contributed by atoms with Gasteiger partial charge in [-0.25, -0.2) is 4.39 Å². The maximum absolute atomic E-state index is 13.7. The number of carbonyl (C=O) groups excluding carboxylic acids is 1. The van der Waals surface area contributed by atoms with Gasteiger partial charge < -0.3 is 9.53 Å². The number of pyridine rings is 1. The molecule has 1 saturated carbocycles. The van der Waals surface area contributed by atoms with Crippen LogP contribution in [-0.2, 0) is 21.5 Å². The van der Waals surface area contributed by atoms with Crippen LogP contribution in [0.4, 0.5) is 13.2 Å². The number of nitrogens with zero attached hydrogens (tertiary/aromatic N) is 2. The van der Waals surface area contributed by atoms with Crippen LogP contribution < -0.4 is 0 Å². The van der Waals surface area contributed by atoms with Crippen molar-refractivity contribution in [2.75, 3.05) is 0 Å². The van der Waals surface area contributed by atoms with Gasteiger partial charge in [-0.15, -0.1) is 0 Å². The molecule has 0 aliphatic heterocycles. The smallest absolute Gasteiger partial charge is 0.320 e. The van der Waals surface area contributed by atoms with Crippen molar-refractivity contribution < 1.29 is 22.7 Å². The molecule has 7 heteroatoms. The van der Waals surface area contributed by atoms with Crippen molar-refractivity contribution in [3.05, 3.63) is 53.6 Å². The summed E-state index contributed by atoms with van der Waals surface area (Å²) in [6.45, 7) is -1.03. The van der Waals surface area contributed by atoms with Crippen molar-refractivity contribution in [3.63, 3.8) is 0 Å². The second-order valence-corrected chi connectivity index (χ2v) is 8.09. The predicted molar refractivity (Wildman–Crippen MR) is 107 cm³/mol. The molecule has 0 saturated heterocycles. The second-order valence-electron chi connectivity index (χ2n) is 8.09. The number of rotatable bonds is 5. The van der Waals surface area contributed by atoms with E-state index in [2.05, 4.69) is 9.98 Å². The monoisotopic (exact) mass is 416 g/mol. The number of aromatic nitrogens is 1. The SMILES string of the molecule is CC=NC1(C=O)c2cc(-c3cncc(F)c3)ccc2CC12CCC(OC(F)F)CC2. The van der Waals surface area contributed by atoms with Gasteiger partial charge in [0.1, 0.15) is 11.4 Å². The van der Waals surface area contributed by atoms with Gasteiger partial charge in [-0.3, -0.25) is 9.98 Å². The number of aldehydes is 1. The first-order valence-corrected chi connectivity index (χ1v) is 10.1. The van der Waals surface area contributed by atoms with Crippen molar-refractivity contribution >= 4 is 12.5 Å². The first kappa shape index (κ1) is 20.7. The molecular weight excluding hydrogens is 393 g/mol. The fourth-order valence-electron chi connectivity index (χ4n) is 5.23. The first-order valence-electron chi connectivity index (χ1n) is 10.1. The van der Waals surface area contributed by atoms with E-state index in [1.165, 1.54) is 6.07 Å². The summed E-state index contributed by atoms with van der Waals surface area (Å²) >= 11 is 0. The number of hydrogen-bond donors (Lipinski definition) is 0. The summed E-state index contributed by atoms with van der Waals surface area (Å²) in [6, 6.07) is 7.14. The lowest BCUT2D eigenvalue weighted by Crippen LogP contribution is -2.46. The van der Waals surface area contributed by atoms with Crippen LogP contribution in [0.3, 0.4) is 0 Å². The Kier molecular flexibility index (Phi) is 5.49. The minimum absolute atomic E-state index is 0.435. The molecule has 1 heterocycles. The number of ether oxygens (including phenoxy) is 1. The maximum atomic E-state index is 13.7. The lowest BCUT2D eigenvalue weighted by Gasteiger charge is -2.45. The van der Waals surface area contributed by atoms with E-state index in [0.717, 1.165) is 29.2 Å². The van der Waals surface area contributed by atoms with E-state index in [1.54, 1.807) is 19.3 Å². The topological polar surface area (TPSA) is 51.5 Å². The van der Waals surface area contributed by atoms with Crippen LogP contribution in [0, 0.1) is 11.2 Å². The predicted octanol–water partition coefficient (Wildman–Crippen LogP) is 5.10. The van der Waals surface area contributed by atoms with Gasteiger partial charge in [0.15, 0.2) is 6.29 Å². The van der Waals surface area contributed by atoms with Crippen molar-refractivity contribution in [2.24, 2.45) is 10.4 Å². The van der Waals surface area contributed by atoms with Crippen LogP contribution in [0.25, 0.3) is 11.1 Å². The summed E-state index contributed by atoms with van der Waals surface area (Å²) in [5, 5.41) is 0. The number of alkyl halides is 2. The maximum Gasteiger partial charge on any atom is 0.345 e. The third-order valence-corrected chi connectivity index (χ3v) is 6.58. The molecule has 0 bridgehead atoms. The lowest BCUT2D eigenvalue weighted by molar-refractivity contribution is -0.177. The van der Waals surface area contributed by atoms with Gasteiger partial charge in [0, 0.05) is 17.2 Å². The zero-order valence-corrected chi connectivity index (χ0v) is 16.7. The molecule has 0 N–H and O–H groups in total. The van der Waals surface area contributed by atoms with Gasteiger partial charge in [0.05, 0.1) is 12.3 Å². The molecular formula is C23H23F3N2O2. The molecule has 2 aliphatic carbocycles. The first-order chi connectivity index (χ1) is 14.4. The third kappa shape index (κ3) is 3.35. The van der Waals surface area contributed by atoms with Gasteiger partial charge in [-0.2, -0.15) is 8.78 Å². The number of carbonyl (C=O) groups is 1. The van der Waals surface area contributed by atoms with E-state index in [1.807, 2.05) is 18.2 Å². The van der Waals surface area contributed by atoms with E-state index >= 15 is 0 Å². The highest BCUT2D eigenvalue weighted by atomic mass is 19.3. The highest BCUT2D eigenvalue weighted by molar-refractivity contribution is 5.79. The number of aliphatic imine (C=N–C) groups is 1. The zero-order valence-electron chi connectivity index (χ0n) is 16.7. The van der Waals surface area contributed by atoms with Gasteiger partial charge in [-0.1, -0.05) is 12.1 Å². The third-order valence-electron chi connectivity index (χ3n) is 6.58. The minimum atomic E-state index is -2.79. The fourth-order valence-corrected chi connectivity index (χ4v) is 5.23. The normalized spacial score (nSPS) is 28.4. The molecule has 1 fully saturated rings. The Morgan fingerprint density at radius 2 is 1.97 bits per heavy atom. The van der Waals surface area contributed by atoms with Crippen LogP contribution in [0.1, 0.15) is 43.7 Å². The molecule has 4 nitrogen and oxygen atoms in total. The Morgan fingerprint density at radius 3 is 2.60 bits per heavy atom. The molecule has 0 radical (unpaired) electrons. The molecule has 1 aromatic heterocycles. The molecule has 1 aromatic carbocycles. The fraction of sp³-hybridized carbons (Fsp3) is 0.435. The van der Waals surface area contributed by atoms with Gasteiger partial charge >= 0.3 is 6.61 Å². The highest BCUT2D eigenvalue weighted by Crippen LogP contribution is 2.59. The molecule has 2 aliphatic rings. The van der Waals surface area contributed by atoms with Crippen molar-refractivity contribution in [2.45, 2.75) is 57.3 Å². The van der Waals surface area contributed by atoms with Crippen LogP contribution in [0.5, 0.6) is 0 Å². The van der Waals surface area contributed by atoms with E-state index in [-0.39, 0.29) is 0 Å². The minimum Gasteiger partial charge on any atom is -0.320 e. The molecule has 1 spiro atoms. The molecule has 2 aromatic rings. The van der Waals surface area contributed by atoms with E-state index in [4.69, 9.17) is 4.74 Å². The van der Waals surface area contributed by atoms with Crippen molar-refractivity contribution in [1.82, 2.24) is 4.98 Å². The second kappa shape index (κ2) is 7.95. The van der Waals surface area contributed by atoms with Crippen LogP contribution >= 0.6 is 0 Å². The van der Waals surface area contributed by atoms with Crippen LogP contribution in [0.15, 0.2) is 41.7 Å².